The highest BCUT2D eigenvalue weighted by Gasteiger charge is 2.31. The molecule has 3 aromatic carbocycles. The van der Waals surface area contributed by atoms with Gasteiger partial charge >= 0.3 is 6.36 Å². The third kappa shape index (κ3) is 8.78. The molecule has 42 heavy (non-hydrogen) atoms. The second-order valence-corrected chi connectivity index (χ2v) is 10.7. The number of nitrogens with zero attached hydrogens (tertiary/aromatic N) is 3. The molecule has 1 aromatic heterocycles. The summed E-state index contributed by atoms with van der Waals surface area (Å²) < 4.78 is 44.1. The van der Waals surface area contributed by atoms with E-state index in [1.165, 1.54) is 23.3 Å². The quantitative estimate of drug-likeness (QED) is 0.196. The zero-order valence-corrected chi connectivity index (χ0v) is 25.5. The Morgan fingerprint density at radius 1 is 0.857 bits per heavy atom. The summed E-state index contributed by atoms with van der Waals surface area (Å²) in [6.45, 7) is 7.21. The van der Waals surface area contributed by atoms with E-state index in [-0.39, 0.29) is 30.6 Å². The van der Waals surface area contributed by atoms with E-state index in [0.29, 0.717) is 6.54 Å². The van der Waals surface area contributed by atoms with Gasteiger partial charge in [0.25, 0.3) is 0 Å². The van der Waals surface area contributed by atoms with Gasteiger partial charge in [-0.15, -0.1) is 38.0 Å². The van der Waals surface area contributed by atoms with Gasteiger partial charge in [-0.3, -0.25) is 4.90 Å². The molecule has 0 amide bonds. The van der Waals surface area contributed by atoms with Gasteiger partial charge in [0.1, 0.15) is 5.75 Å². The van der Waals surface area contributed by atoms with Crippen LogP contribution in [0.5, 0.6) is 5.75 Å². The predicted molar refractivity (Wildman–Crippen MR) is 169 cm³/mol. The van der Waals surface area contributed by atoms with Gasteiger partial charge in [-0.2, -0.15) is 0 Å². The Morgan fingerprint density at radius 2 is 1.55 bits per heavy atom. The van der Waals surface area contributed by atoms with Crippen LogP contribution in [-0.2, 0) is 19.5 Å². The molecular weight excluding hydrogens is 608 g/mol. The zero-order chi connectivity index (χ0) is 28.1. The average Bonchev–Trinajstić information content (AvgIpc) is 3.29. The van der Waals surface area contributed by atoms with E-state index in [0.717, 1.165) is 85.7 Å². The van der Waals surface area contributed by atoms with Crippen molar-refractivity contribution in [1.29, 1.82) is 0 Å². The Morgan fingerprint density at radius 3 is 2.21 bits per heavy atom. The topological polar surface area (TPSA) is 46.7 Å². The van der Waals surface area contributed by atoms with Crippen molar-refractivity contribution in [3.63, 3.8) is 0 Å². The first-order chi connectivity index (χ1) is 19.3. The number of nitrogens with two attached hydrogens (primary N) is 1. The number of fused-ring (bicyclic) bond motifs is 1. The van der Waals surface area contributed by atoms with Crippen LogP contribution in [0.4, 0.5) is 13.2 Å². The van der Waals surface area contributed by atoms with Crippen molar-refractivity contribution >= 4 is 47.3 Å². The molecule has 0 aliphatic carbocycles. The normalized spacial score (nSPS) is 14.4. The molecule has 0 bridgehead atoms. The molecule has 1 aliphatic heterocycles. The Bertz CT molecular complexity index is 1420. The van der Waals surface area contributed by atoms with Crippen LogP contribution in [-0.4, -0.2) is 60.0 Å². The molecule has 2 heterocycles. The molecule has 0 atom stereocenters. The van der Waals surface area contributed by atoms with E-state index in [1.807, 2.05) is 18.2 Å². The molecule has 0 spiro atoms. The minimum atomic E-state index is -4.71. The van der Waals surface area contributed by atoms with Gasteiger partial charge in [0, 0.05) is 73.5 Å². The summed E-state index contributed by atoms with van der Waals surface area (Å²) in [6.07, 6.45) is -0.856. The first kappa shape index (κ1) is 34.0. The van der Waals surface area contributed by atoms with Crippen LogP contribution in [0, 0.1) is 0 Å². The average molecular weight is 644 g/mol. The van der Waals surface area contributed by atoms with Crippen molar-refractivity contribution in [2.75, 3.05) is 39.3 Å². The van der Waals surface area contributed by atoms with Crippen LogP contribution >= 0.6 is 36.4 Å². The highest BCUT2D eigenvalue weighted by Crippen LogP contribution is 2.34. The summed E-state index contributed by atoms with van der Waals surface area (Å²) in [5.74, 6) is -0.227. The molecular formula is C31H36Cl3F3N4O. The molecule has 0 saturated carbocycles. The fourth-order valence-corrected chi connectivity index (χ4v) is 5.59. The van der Waals surface area contributed by atoms with Crippen molar-refractivity contribution in [2.24, 2.45) is 5.73 Å². The number of piperazine rings is 1. The second-order valence-electron chi connectivity index (χ2n) is 10.3. The van der Waals surface area contributed by atoms with Crippen LogP contribution in [0.15, 0.2) is 72.9 Å². The number of alkyl halides is 3. The second kappa shape index (κ2) is 15.3. The maximum Gasteiger partial charge on any atom is 0.573 e. The van der Waals surface area contributed by atoms with Crippen molar-refractivity contribution < 1.29 is 17.9 Å². The minimum absolute atomic E-state index is 0. The van der Waals surface area contributed by atoms with E-state index in [9.17, 15) is 13.2 Å². The molecule has 1 saturated heterocycles. The Hall–Kier alpha value is -2.46. The molecule has 2 N–H and O–H groups in total. The predicted octanol–water partition coefficient (Wildman–Crippen LogP) is 7.41. The van der Waals surface area contributed by atoms with Crippen LogP contribution < -0.4 is 10.5 Å². The molecule has 4 aromatic rings. The lowest BCUT2D eigenvalue weighted by molar-refractivity contribution is -0.274. The summed E-state index contributed by atoms with van der Waals surface area (Å²) in [5, 5.41) is 1.91. The van der Waals surface area contributed by atoms with Gasteiger partial charge in [-0.05, 0) is 66.4 Å². The maximum atomic E-state index is 12.6. The standard InChI is InChI=1S/C31H34ClF3N4O.2ClH/c32-29-5-2-1-4-25(29)12-15-37-16-18-38(19-17-37)21-23-6-11-30-27(20-23)28(22-39(30)14-3-13-36)24-7-9-26(10-8-24)40-31(33,34)35;;/h1-2,4-11,20,22H,3,12-19,21,36H2;2*1H. The monoisotopic (exact) mass is 642 g/mol. The Kier molecular flexibility index (Phi) is 12.4. The SMILES string of the molecule is Cl.Cl.NCCCn1cc(-c2ccc(OC(F)(F)F)cc2)c2cc(CN3CCN(CCc4ccccc4Cl)CC3)ccc21. The first-order valence-electron chi connectivity index (χ1n) is 13.7. The number of hydrogen-bond donors (Lipinski definition) is 1. The van der Waals surface area contributed by atoms with E-state index in [4.69, 9.17) is 17.3 Å². The van der Waals surface area contributed by atoms with E-state index in [1.54, 1.807) is 12.1 Å². The molecule has 11 heteroatoms. The maximum absolute atomic E-state index is 12.6. The summed E-state index contributed by atoms with van der Waals surface area (Å²) in [6, 6.07) is 20.7. The lowest BCUT2D eigenvalue weighted by Gasteiger charge is -2.34. The molecule has 0 unspecified atom stereocenters. The van der Waals surface area contributed by atoms with Crippen LogP contribution in [0.25, 0.3) is 22.0 Å². The van der Waals surface area contributed by atoms with Gasteiger partial charge < -0.3 is 19.9 Å². The largest absolute Gasteiger partial charge is 0.573 e. The number of halogens is 6. The fraction of sp³-hybridized carbons (Fsp3) is 0.355. The smallest absolute Gasteiger partial charge is 0.406 e. The fourth-order valence-electron chi connectivity index (χ4n) is 5.36. The molecule has 1 fully saturated rings. The minimum Gasteiger partial charge on any atom is -0.406 e. The number of aromatic nitrogens is 1. The van der Waals surface area contributed by atoms with E-state index in [2.05, 4.69) is 49.6 Å². The van der Waals surface area contributed by atoms with E-state index < -0.39 is 6.36 Å². The molecule has 5 nitrogen and oxygen atoms in total. The molecule has 0 radical (unpaired) electrons. The molecule has 228 valence electrons. The van der Waals surface area contributed by atoms with Crippen molar-refractivity contribution in [2.45, 2.75) is 32.3 Å². The van der Waals surface area contributed by atoms with Crippen LogP contribution in [0.1, 0.15) is 17.5 Å². The summed E-state index contributed by atoms with van der Waals surface area (Å²) in [5.41, 5.74) is 11.1. The highest BCUT2D eigenvalue weighted by molar-refractivity contribution is 6.31. The summed E-state index contributed by atoms with van der Waals surface area (Å²) in [4.78, 5) is 4.96. The van der Waals surface area contributed by atoms with Crippen LogP contribution in [0.2, 0.25) is 5.02 Å². The zero-order valence-electron chi connectivity index (χ0n) is 23.2. The third-order valence-electron chi connectivity index (χ3n) is 7.47. The number of benzene rings is 3. The summed E-state index contributed by atoms with van der Waals surface area (Å²) in [7, 11) is 0. The Labute approximate surface area is 262 Å². The van der Waals surface area contributed by atoms with Gasteiger partial charge in [-0.1, -0.05) is 48.0 Å². The molecule has 5 rings (SSSR count). The highest BCUT2D eigenvalue weighted by atomic mass is 35.5. The lowest BCUT2D eigenvalue weighted by Crippen LogP contribution is -2.46. The summed E-state index contributed by atoms with van der Waals surface area (Å²) >= 11 is 6.32. The number of hydrogen-bond acceptors (Lipinski definition) is 4. The number of aryl methyl sites for hydroxylation is 1. The van der Waals surface area contributed by atoms with Gasteiger partial charge in [0.2, 0.25) is 0 Å². The Balaban J connectivity index is 0.00000242. The third-order valence-corrected chi connectivity index (χ3v) is 7.84. The van der Waals surface area contributed by atoms with Crippen molar-refractivity contribution in [3.05, 3.63) is 89.1 Å². The van der Waals surface area contributed by atoms with Gasteiger partial charge in [-0.25, -0.2) is 0 Å². The van der Waals surface area contributed by atoms with E-state index >= 15 is 0 Å². The first-order valence-corrected chi connectivity index (χ1v) is 14.0. The van der Waals surface area contributed by atoms with Crippen LogP contribution in [0.3, 0.4) is 0 Å². The molecule has 1 aliphatic rings. The van der Waals surface area contributed by atoms with Crippen molar-refractivity contribution in [1.82, 2.24) is 14.4 Å². The van der Waals surface area contributed by atoms with Gasteiger partial charge in [0.05, 0.1) is 0 Å². The number of rotatable bonds is 10. The lowest BCUT2D eigenvalue weighted by atomic mass is 10.0. The van der Waals surface area contributed by atoms with Crippen molar-refractivity contribution in [3.8, 4) is 16.9 Å². The van der Waals surface area contributed by atoms with Gasteiger partial charge in [0.15, 0.2) is 0 Å². The number of ether oxygens (including phenoxy) is 1.